The Morgan fingerprint density at radius 3 is 2.44 bits per heavy atom. The van der Waals surface area contributed by atoms with Gasteiger partial charge in [-0.15, -0.1) is 12.4 Å². The van der Waals surface area contributed by atoms with Crippen LogP contribution in [-0.2, 0) is 13.2 Å². The maximum atomic E-state index is 6.16. The van der Waals surface area contributed by atoms with Crippen molar-refractivity contribution in [2.24, 2.45) is 0 Å². The lowest BCUT2D eigenvalue weighted by atomic mass is 10.1. The molecular formula is C21H28ClNO2. The molecule has 0 aromatic heterocycles. The van der Waals surface area contributed by atoms with Crippen molar-refractivity contribution in [2.75, 3.05) is 6.61 Å². The first-order valence-corrected chi connectivity index (χ1v) is 9.01. The summed E-state index contributed by atoms with van der Waals surface area (Å²) in [5.41, 5.74) is 2.34. The van der Waals surface area contributed by atoms with Crippen LogP contribution in [0.1, 0.15) is 43.7 Å². The summed E-state index contributed by atoms with van der Waals surface area (Å²) >= 11 is 0. The van der Waals surface area contributed by atoms with E-state index in [1.54, 1.807) is 0 Å². The smallest absolute Gasteiger partial charge is 0.166 e. The number of para-hydroxylation sites is 1. The van der Waals surface area contributed by atoms with Crippen molar-refractivity contribution in [1.29, 1.82) is 0 Å². The van der Waals surface area contributed by atoms with E-state index in [1.165, 1.54) is 36.8 Å². The van der Waals surface area contributed by atoms with Gasteiger partial charge >= 0.3 is 0 Å². The molecule has 2 aromatic carbocycles. The predicted molar refractivity (Wildman–Crippen MR) is 105 cm³/mol. The van der Waals surface area contributed by atoms with Gasteiger partial charge in [0.2, 0.25) is 0 Å². The van der Waals surface area contributed by atoms with Crippen molar-refractivity contribution >= 4 is 12.4 Å². The zero-order valence-corrected chi connectivity index (χ0v) is 15.7. The highest BCUT2D eigenvalue weighted by Crippen LogP contribution is 2.32. The van der Waals surface area contributed by atoms with E-state index in [4.69, 9.17) is 9.47 Å². The number of halogens is 1. The SMILES string of the molecule is CCOc1cccc(CNC2CCCC2)c1OCc1ccccc1.Cl. The van der Waals surface area contributed by atoms with Crippen LogP contribution >= 0.6 is 12.4 Å². The largest absolute Gasteiger partial charge is 0.490 e. The van der Waals surface area contributed by atoms with Crippen molar-refractivity contribution in [1.82, 2.24) is 5.32 Å². The molecule has 3 rings (SSSR count). The molecule has 2 aromatic rings. The molecule has 1 N–H and O–H groups in total. The molecule has 25 heavy (non-hydrogen) atoms. The summed E-state index contributed by atoms with van der Waals surface area (Å²) in [6, 6.07) is 17.1. The first kappa shape index (κ1) is 19.6. The van der Waals surface area contributed by atoms with Gasteiger partial charge in [0.1, 0.15) is 6.61 Å². The van der Waals surface area contributed by atoms with Gasteiger partial charge in [-0.05, 0) is 31.4 Å². The Hall–Kier alpha value is -1.71. The van der Waals surface area contributed by atoms with E-state index in [-0.39, 0.29) is 12.4 Å². The third-order valence-electron chi connectivity index (χ3n) is 4.52. The van der Waals surface area contributed by atoms with E-state index >= 15 is 0 Å². The molecule has 3 nitrogen and oxygen atoms in total. The fourth-order valence-electron chi connectivity index (χ4n) is 3.25. The zero-order chi connectivity index (χ0) is 16.6. The Labute approximate surface area is 157 Å². The Bertz CT molecular complexity index is 627. The molecule has 1 aliphatic carbocycles. The van der Waals surface area contributed by atoms with E-state index in [2.05, 4.69) is 23.5 Å². The lowest BCUT2D eigenvalue weighted by molar-refractivity contribution is 0.265. The molecule has 1 fully saturated rings. The van der Waals surface area contributed by atoms with E-state index in [0.717, 1.165) is 18.0 Å². The minimum atomic E-state index is 0. The maximum Gasteiger partial charge on any atom is 0.166 e. The van der Waals surface area contributed by atoms with Gasteiger partial charge in [0.05, 0.1) is 6.61 Å². The van der Waals surface area contributed by atoms with Crippen molar-refractivity contribution in [3.63, 3.8) is 0 Å². The van der Waals surface area contributed by atoms with Gasteiger partial charge in [-0.25, -0.2) is 0 Å². The van der Waals surface area contributed by atoms with Crippen LogP contribution in [0.4, 0.5) is 0 Å². The fourth-order valence-corrected chi connectivity index (χ4v) is 3.25. The molecule has 1 saturated carbocycles. The van der Waals surface area contributed by atoms with Gasteiger partial charge in [-0.2, -0.15) is 0 Å². The number of hydrogen-bond acceptors (Lipinski definition) is 3. The average Bonchev–Trinajstić information content (AvgIpc) is 3.14. The Morgan fingerprint density at radius 1 is 0.960 bits per heavy atom. The van der Waals surface area contributed by atoms with Gasteiger partial charge in [-0.3, -0.25) is 0 Å². The minimum absolute atomic E-state index is 0. The minimum Gasteiger partial charge on any atom is -0.490 e. The Morgan fingerprint density at radius 2 is 1.72 bits per heavy atom. The molecule has 0 bridgehead atoms. The first-order valence-electron chi connectivity index (χ1n) is 9.01. The number of rotatable bonds is 8. The summed E-state index contributed by atoms with van der Waals surface area (Å²) in [5.74, 6) is 1.70. The lowest BCUT2D eigenvalue weighted by Crippen LogP contribution is -2.25. The second kappa shape index (κ2) is 10.3. The summed E-state index contributed by atoms with van der Waals surface area (Å²) in [6.07, 6.45) is 5.25. The average molecular weight is 362 g/mol. The van der Waals surface area contributed by atoms with E-state index in [0.29, 0.717) is 19.3 Å². The van der Waals surface area contributed by atoms with Crippen molar-refractivity contribution in [3.05, 3.63) is 59.7 Å². The molecule has 0 aliphatic heterocycles. The van der Waals surface area contributed by atoms with Crippen LogP contribution in [0.15, 0.2) is 48.5 Å². The standard InChI is InChI=1S/C21H27NO2.ClH/c1-2-23-20-14-8-11-18(15-22-19-12-6-7-13-19)21(20)24-16-17-9-4-3-5-10-17;/h3-5,8-11,14,19,22H,2,6-7,12-13,15-16H2,1H3;1H. The third kappa shape index (κ3) is 5.65. The topological polar surface area (TPSA) is 30.5 Å². The quantitative estimate of drug-likeness (QED) is 0.708. The van der Waals surface area contributed by atoms with Crippen LogP contribution < -0.4 is 14.8 Å². The van der Waals surface area contributed by atoms with Crippen molar-refractivity contribution in [2.45, 2.75) is 51.8 Å². The maximum absolute atomic E-state index is 6.16. The first-order chi connectivity index (χ1) is 11.9. The molecule has 0 spiro atoms. The van der Waals surface area contributed by atoms with Gasteiger partial charge < -0.3 is 14.8 Å². The van der Waals surface area contributed by atoms with Crippen LogP contribution in [0.2, 0.25) is 0 Å². The molecule has 0 unspecified atom stereocenters. The number of benzene rings is 2. The summed E-state index contributed by atoms with van der Waals surface area (Å²) in [6.45, 7) is 4.03. The third-order valence-corrected chi connectivity index (χ3v) is 4.52. The molecule has 0 radical (unpaired) electrons. The zero-order valence-electron chi connectivity index (χ0n) is 14.9. The monoisotopic (exact) mass is 361 g/mol. The number of hydrogen-bond donors (Lipinski definition) is 1. The van der Waals surface area contributed by atoms with Crippen LogP contribution in [0.5, 0.6) is 11.5 Å². The fraction of sp³-hybridized carbons (Fsp3) is 0.429. The van der Waals surface area contributed by atoms with Crippen LogP contribution in [0.25, 0.3) is 0 Å². The highest BCUT2D eigenvalue weighted by atomic mass is 35.5. The molecular weight excluding hydrogens is 334 g/mol. The summed E-state index contributed by atoms with van der Waals surface area (Å²) in [4.78, 5) is 0. The predicted octanol–water partition coefficient (Wildman–Crippen LogP) is 5.12. The van der Waals surface area contributed by atoms with E-state index in [1.807, 2.05) is 37.3 Å². The van der Waals surface area contributed by atoms with Crippen LogP contribution in [0.3, 0.4) is 0 Å². The van der Waals surface area contributed by atoms with Gasteiger partial charge in [0, 0.05) is 18.2 Å². The second-order valence-electron chi connectivity index (χ2n) is 6.31. The Kier molecular flexibility index (Phi) is 8.10. The molecule has 4 heteroatoms. The van der Waals surface area contributed by atoms with Gasteiger partial charge in [0.25, 0.3) is 0 Å². The highest BCUT2D eigenvalue weighted by molar-refractivity contribution is 5.85. The number of nitrogens with one attached hydrogen (secondary N) is 1. The molecule has 0 heterocycles. The summed E-state index contributed by atoms with van der Waals surface area (Å²) in [7, 11) is 0. The molecule has 136 valence electrons. The molecule has 0 saturated heterocycles. The number of ether oxygens (including phenoxy) is 2. The second-order valence-corrected chi connectivity index (χ2v) is 6.31. The van der Waals surface area contributed by atoms with Crippen LogP contribution in [0, 0.1) is 0 Å². The molecule has 0 atom stereocenters. The van der Waals surface area contributed by atoms with E-state index < -0.39 is 0 Å². The van der Waals surface area contributed by atoms with Crippen LogP contribution in [-0.4, -0.2) is 12.6 Å². The van der Waals surface area contributed by atoms with E-state index in [9.17, 15) is 0 Å². The summed E-state index contributed by atoms with van der Waals surface area (Å²) in [5, 5.41) is 3.67. The van der Waals surface area contributed by atoms with Crippen molar-refractivity contribution in [3.8, 4) is 11.5 Å². The Balaban J connectivity index is 0.00000225. The highest BCUT2D eigenvalue weighted by Gasteiger charge is 2.16. The van der Waals surface area contributed by atoms with Gasteiger partial charge in [0.15, 0.2) is 11.5 Å². The van der Waals surface area contributed by atoms with Gasteiger partial charge in [-0.1, -0.05) is 55.3 Å². The summed E-state index contributed by atoms with van der Waals surface area (Å²) < 4.78 is 11.9. The van der Waals surface area contributed by atoms with Crippen molar-refractivity contribution < 1.29 is 9.47 Å². The lowest BCUT2D eigenvalue weighted by Gasteiger charge is -2.18. The molecule has 1 aliphatic rings. The normalized spacial score (nSPS) is 14.1. The molecule has 0 amide bonds.